The van der Waals surface area contributed by atoms with Crippen LogP contribution in [-0.4, -0.2) is 17.3 Å². The molecule has 2 nitrogen and oxygen atoms in total. The fraction of sp³-hybridized carbons (Fsp3) is 0.833. The summed E-state index contributed by atoms with van der Waals surface area (Å²) in [5.74, 6) is 2.39. The maximum atomic E-state index is 11.8. The van der Waals surface area contributed by atoms with Gasteiger partial charge in [-0.3, -0.25) is 4.79 Å². The van der Waals surface area contributed by atoms with E-state index in [0.29, 0.717) is 6.42 Å². The van der Waals surface area contributed by atoms with Crippen LogP contribution >= 0.6 is 11.8 Å². The third-order valence-electron chi connectivity index (χ3n) is 3.10. The number of hydrogen-bond acceptors (Lipinski definition) is 3. The van der Waals surface area contributed by atoms with Gasteiger partial charge in [-0.15, -0.1) is 0 Å². The molecule has 3 heteroatoms. The summed E-state index contributed by atoms with van der Waals surface area (Å²) < 4.78 is 0. The van der Waals surface area contributed by atoms with Crippen LogP contribution in [0.5, 0.6) is 0 Å². The molecule has 0 aromatic carbocycles. The van der Waals surface area contributed by atoms with Crippen LogP contribution in [-0.2, 0) is 4.79 Å². The number of hydrogen-bond donors (Lipinski definition) is 0. The van der Waals surface area contributed by atoms with E-state index in [1.807, 2.05) is 11.8 Å². The molecule has 1 saturated carbocycles. The molecule has 0 aromatic rings. The quantitative estimate of drug-likeness (QED) is 0.675. The lowest BCUT2D eigenvalue weighted by Gasteiger charge is -2.28. The smallest absolute Gasteiger partial charge is 0.153 e. The Labute approximate surface area is 96.4 Å². The topological polar surface area (TPSA) is 40.9 Å². The standard InChI is InChI=1S/C12H19NOS/c1-2-15-9-5-8-12(10-13)7-4-3-6-11(12)14/h2-9H2,1H3. The Hall–Kier alpha value is -0.490. The molecule has 0 N–H and O–H groups in total. The van der Waals surface area contributed by atoms with Gasteiger partial charge in [0.25, 0.3) is 0 Å². The fourth-order valence-electron chi connectivity index (χ4n) is 2.15. The van der Waals surface area contributed by atoms with Crippen LogP contribution in [0.1, 0.15) is 45.4 Å². The monoisotopic (exact) mass is 225 g/mol. The lowest BCUT2D eigenvalue weighted by molar-refractivity contribution is -0.128. The van der Waals surface area contributed by atoms with E-state index >= 15 is 0 Å². The van der Waals surface area contributed by atoms with Crippen molar-refractivity contribution in [2.45, 2.75) is 45.4 Å². The molecule has 0 radical (unpaired) electrons. The molecule has 1 rings (SSSR count). The molecule has 0 spiro atoms. The number of nitriles is 1. The van der Waals surface area contributed by atoms with E-state index in [2.05, 4.69) is 13.0 Å². The first-order chi connectivity index (χ1) is 7.25. The van der Waals surface area contributed by atoms with Gasteiger partial charge in [-0.1, -0.05) is 13.3 Å². The van der Waals surface area contributed by atoms with E-state index in [1.54, 1.807) is 0 Å². The lowest BCUT2D eigenvalue weighted by Crippen LogP contribution is -2.32. The number of nitrogens with zero attached hydrogens (tertiary/aromatic N) is 1. The zero-order valence-electron chi connectivity index (χ0n) is 9.42. The first-order valence-electron chi connectivity index (χ1n) is 5.77. The van der Waals surface area contributed by atoms with E-state index in [4.69, 9.17) is 0 Å². The number of carbonyl (C=O) groups is 1. The summed E-state index contributed by atoms with van der Waals surface area (Å²) in [5, 5.41) is 9.19. The van der Waals surface area contributed by atoms with Crippen LogP contribution in [0, 0.1) is 16.7 Å². The van der Waals surface area contributed by atoms with Crippen molar-refractivity contribution in [2.75, 3.05) is 11.5 Å². The van der Waals surface area contributed by atoms with E-state index < -0.39 is 5.41 Å². The summed E-state index contributed by atoms with van der Waals surface area (Å²) in [5.41, 5.74) is -0.619. The van der Waals surface area contributed by atoms with Crippen molar-refractivity contribution in [3.63, 3.8) is 0 Å². The van der Waals surface area contributed by atoms with Gasteiger partial charge in [-0.2, -0.15) is 17.0 Å². The van der Waals surface area contributed by atoms with Crippen molar-refractivity contribution in [2.24, 2.45) is 5.41 Å². The van der Waals surface area contributed by atoms with Gasteiger partial charge in [-0.25, -0.2) is 0 Å². The van der Waals surface area contributed by atoms with E-state index in [0.717, 1.165) is 43.6 Å². The second kappa shape index (κ2) is 6.17. The van der Waals surface area contributed by atoms with Crippen molar-refractivity contribution < 1.29 is 4.79 Å². The average Bonchev–Trinajstić information content (AvgIpc) is 2.27. The average molecular weight is 225 g/mol. The van der Waals surface area contributed by atoms with Crippen LogP contribution in [0.3, 0.4) is 0 Å². The Bertz CT molecular complexity index is 259. The van der Waals surface area contributed by atoms with Gasteiger partial charge in [0.2, 0.25) is 0 Å². The molecule has 1 fully saturated rings. The zero-order chi connectivity index (χ0) is 11.1. The number of thioether (sulfide) groups is 1. The van der Waals surface area contributed by atoms with Crippen molar-refractivity contribution in [1.82, 2.24) is 0 Å². The molecular formula is C12H19NOS. The molecule has 0 bridgehead atoms. The van der Waals surface area contributed by atoms with Crippen LogP contribution in [0.2, 0.25) is 0 Å². The summed E-state index contributed by atoms with van der Waals surface area (Å²) in [7, 11) is 0. The van der Waals surface area contributed by atoms with Gasteiger partial charge in [-0.05, 0) is 37.2 Å². The molecule has 0 amide bonds. The second-order valence-electron chi connectivity index (χ2n) is 4.12. The third kappa shape index (κ3) is 3.24. The zero-order valence-corrected chi connectivity index (χ0v) is 10.2. The minimum Gasteiger partial charge on any atom is -0.298 e. The van der Waals surface area contributed by atoms with Gasteiger partial charge in [0.05, 0.1) is 6.07 Å². The summed E-state index contributed by atoms with van der Waals surface area (Å²) >= 11 is 1.89. The van der Waals surface area contributed by atoms with Crippen LogP contribution in [0.25, 0.3) is 0 Å². The molecule has 84 valence electrons. The van der Waals surface area contributed by atoms with Gasteiger partial charge < -0.3 is 0 Å². The maximum absolute atomic E-state index is 11.8. The summed E-state index contributed by atoms with van der Waals surface area (Å²) in [4.78, 5) is 11.8. The van der Waals surface area contributed by atoms with Crippen molar-refractivity contribution in [3.8, 4) is 6.07 Å². The van der Waals surface area contributed by atoms with Crippen LogP contribution in [0.15, 0.2) is 0 Å². The minimum absolute atomic E-state index is 0.192. The van der Waals surface area contributed by atoms with Gasteiger partial charge in [0.1, 0.15) is 5.41 Å². The second-order valence-corrected chi connectivity index (χ2v) is 5.52. The predicted molar refractivity (Wildman–Crippen MR) is 63.8 cm³/mol. The van der Waals surface area contributed by atoms with Crippen LogP contribution in [0.4, 0.5) is 0 Å². The number of carbonyl (C=O) groups excluding carboxylic acids is 1. The van der Waals surface area contributed by atoms with Crippen molar-refractivity contribution in [3.05, 3.63) is 0 Å². The Morgan fingerprint density at radius 2 is 2.33 bits per heavy atom. The van der Waals surface area contributed by atoms with E-state index in [9.17, 15) is 10.1 Å². The molecule has 1 aliphatic carbocycles. The Kier molecular flexibility index (Phi) is 5.17. The highest BCUT2D eigenvalue weighted by atomic mass is 32.2. The first kappa shape index (κ1) is 12.6. The van der Waals surface area contributed by atoms with Gasteiger partial charge in [0.15, 0.2) is 5.78 Å². The molecule has 0 heterocycles. The molecule has 0 aromatic heterocycles. The molecule has 0 saturated heterocycles. The van der Waals surface area contributed by atoms with Gasteiger partial charge >= 0.3 is 0 Å². The Balaban J connectivity index is 2.45. The Morgan fingerprint density at radius 3 is 2.93 bits per heavy atom. The number of rotatable bonds is 5. The molecule has 15 heavy (non-hydrogen) atoms. The normalized spacial score (nSPS) is 26.3. The van der Waals surface area contributed by atoms with Crippen molar-refractivity contribution >= 4 is 17.5 Å². The molecule has 1 aliphatic rings. The third-order valence-corrected chi connectivity index (χ3v) is 4.09. The predicted octanol–water partition coefficient (Wildman–Crippen LogP) is 3.17. The molecule has 1 atom stereocenters. The van der Waals surface area contributed by atoms with E-state index in [1.165, 1.54) is 0 Å². The molecular weight excluding hydrogens is 206 g/mol. The SMILES string of the molecule is CCSCCCC1(C#N)CCCCC1=O. The Morgan fingerprint density at radius 1 is 1.53 bits per heavy atom. The van der Waals surface area contributed by atoms with E-state index in [-0.39, 0.29) is 5.78 Å². The highest BCUT2D eigenvalue weighted by Gasteiger charge is 2.39. The fourth-order valence-corrected chi connectivity index (χ4v) is 2.79. The summed E-state index contributed by atoms with van der Waals surface area (Å²) in [6.45, 7) is 2.14. The lowest BCUT2D eigenvalue weighted by atomic mass is 9.71. The van der Waals surface area contributed by atoms with Gasteiger partial charge in [0, 0.05) is 6.42 Å². The first-order valence-corrected chi connectivity index (χ1v) is 6.93. The number of ketones is 1. The summed E-state index contributed by atoms with van der Waals surface area (Å²) in [6, 6.07) is 2.29. The highest BCUT2D eigenvalue weighted by molar-refractivity contribution is 7.99. The number of Topliss-reactive ketones (excluding diaryl/α,β-unsaturated/α-hetero) is 1. The molecule has 1 unspecified atom stereocenters. The largest absolute Gasteiger partial charge is 0.298 e. The summed E-state index contributed by atoms with van der Waals surface area (Å²) in [6.07, 6.45) is 5.20. The highest BCUT2D eigenvalue weighted by Crippen LogP contribution is 2.37. The maximum Gasteiger partial charge on any atom is 0.153 e. The van der Waals surface area contributed by atoms with Crippen molar-refractivity contribution in [1.29, 1.82) is 5.26 Å². The molecule has 0 aliphatic heterocycles. The minimum atomic E-state index is -0.619. The van der Waals surface area contributed by atoms with Crippen LogP contribution < -0.4 is 0 Å².